The molecule has 1 aromatic rings. The zero-order valence-electron chi connectivity index (χ0n) is 8.66. The molecule has 0 spiro atoms. The minimum absolute atomic E-state index is 0.187. The summed E-state index contributed by atoms with van der Waals surface area (Å²) >= 11 is 3.33. The molecule has 0 heterocycles. The van der Waals surface area contributed by atoms with E-state index in [-0.39, 0.29) is 11.6 Å². The highest BCUT2D eigenvalue weighted by atomic mass is 79.9. The van der Waals surface area contributed by atoms with Crippen molar-refractivity contribution in [3.05, 3.63) is 39.6 Å². The number of halogens is 2. The SMILES string of the molecule is C=CCc1c(C)c(C)c(F)c(O[Si])c1Br. The van der Waals surface area contributed by atoms with E-state index in [2.05, 4.69) is 33.0 Å². The largest absolute Gasteiger partial charge is 0.538 e. The molecule has 1 rings (SSSR count). The maximum Gasteiger partial charge on any atom is 0.341 e. The molecule has 0 unspecified atom stereocenters. The second-order valence-corrected chi connectivity index (χ2v) is 4.28. The molecule has 15 heavy (non-hydrogen) atoms. The van der Waals surface area contributed by atoms with E-state index in [1.807, 2.05) is 6.92 Å². The van der Waals surface area contributed by atoms with Crippen molar-refractivity contribution in [2.75, 3.05) is 0 Å². The number of allylic oxidation sites excluding steroid dienone is 1. The molecule has 0 N–H and O–H groups in total. The molecule has 0 aliphatic rings. The predicted octanol–water partition coefficient (Wildman–Crippen LogP) is 3.40. The Balaban J connectivity index is 3.52. The van der Waals surface area contributed by atoms with Gasteiger partial charge in [-0.2, -0.15) is 0 Å². The summed E-state index contributed by atoms with van der Waals surface area (Å²) in [6.07, 6.45) is 2.46. The molecule has 1 aromatic carbocycles. The van der Waals surface area contributed by atoms with Crippen LogP contribution in [0.2, 0.25) is 0 Å². The van der Waals surface area contributed by atoms with Crippen LogP contribution in [0.3, 0.4) is 0 Å². The summed E-state index contributed by atoms with van der Waals surface area (Å²) in [6, 6.07) is 0. The molecule has 0 saturated carbocycles. The van der Waals surface area contributed by atoms with Crippen molar-refractivity contribution in [1.29, 1.82) is 0 Å². The molecule has 1 nitrogen and oxygen atoms in total. The number of benzene rings is 1. The summed E-state index contributed by atoms with van der Waals surface area (Å²) in [6.45, 7) is 7.30. The topological polar surface area (TPSA) is 9.23 Å². The fourth-order valence-corrected chi connectivity index (χ4v) is 2.49. The van der Waals surface area contributed by atoms with Crippen LogP contribution in [-0.4, -0.2) is 10.5 Å². The van der Waals surface area contributed by atoms with Gasteiger partial charge >= 0.3 is 10.5 Å². The fourth-order valence-electron chi connectivity index (χ4n) is 1.44. The molecule has 0 aromatic heterocycles. The van der Waals surface area contributed by atoms with Crippen molar-refractivity contribution >= 4 is 26.4 Å². The Kier molecular flexibility index (Phi) is 4.10. The molecule has 79 valence electrons. The molecule has 0 saturated heterocycles. The molecule has 0 aliphatic heterocycles. The van der Waals surface area contributed by atoms with Gasteiger partial charge in [-0.05, 0) is 52.9 Å². The first-order chi connectivity index (χ1) is 7.04. The Morgan fingerprint density at radius 2 is 2.07 bits per heavy atom. The van der Waals surface area contributed by atoms with Crippen LogP contribution < -0.4 is 4.43 Å². The lowest BCUT2D eigenvalue weighted by molar-refractivity contribution is 0.517. The van der Waals surface area contributed by atoms with E-state index in [9.17, 15) is 4.39 Å². The van der Waals surface area contributed by atoms with Crippen LogP contribution >= 0.6 is 15.9 Å². The van der Waals surface area contributed by atoms with Crippen molar-refractivity contribution < 1.29 is 8.82 Å². The molecule has 0 amide bonds. The number of rotatable bonds is 3. The maximum atomic E-state index is 13.7. The third-order valence-corrected chi connectivity index (χ3v) is 3.50. The van der Waals surface area contributed by atoms with Gasteiger partial charge in [0.25, 0.3) is 0 Å². The molecule has 0 fully saturated rings. The van der Waals surface area contributed by atoms with Crippen LogP contribution in [0.1, 0.15) is 16.7 Å². The molecule has 0 aliphatic carbocycles. The molecule has 3 radical (unpaired) electrons. The average Bonchev–Trinajstić information content (AvgIpc) is 2.22. The van der Waals surface area contributed by atoms with E-state index < -0.39 is 0 Å². The number of hydrogen-bond acceptors (Lipinski definition) is 1. The third kappa shape index (κ3) is 2.15. The summed E-state index contributed by atoms with van der Waals surface area (Å²) < 4.78 is 19.2. The van der Waals surface area contributed by atoms with Gasteiger partial charge in [-0.1, -0.05) is 6.08 Å². The quantitative estimate of drug-likeness (QED) is 0.611. The van der Waals surface area contributed by atoms with E-state index in [4.69, 9.17) is 4.43 Å². The Morgan fingerprint density at radius 3 is 2.53 bits per heavy atom. The van der Waals surface area contributed by atoms with Crippen molar-refractivity contribution in [3.63, 3.8) is 0 Å². The highest BCUT2D eigenvalue weighted by Gasteiger charge is 2.17. The van der Waals surface area contributed by atoms with Gasteiger partial charge in [0.1, 0.15) is 0 Å². The summed E-state index contributed by atoms with van der Waals surface area (Å²) in [7, 11) is 2.86. The van der Waals surface area contributed by atoms with E-state index in [1.165, 1.54) is 0 Å². The van der Waals surface area contributed by atoms with Gasteiger partial charge < -0.3 is 4.43 Å². The Bertz CT molecular complexity index is 404. The zero-order chi connectivity index (χ0) is 11.6. The van der Waals surface area contributed by atoms with Crippen molar-refractivity contribution in [2.45, 2.75) is 20.3 Å². The lowest BCUT2D eigenvalue weighted by Gasteiger charge is -2.15. The second kappa shape index (κ2) is 4.94. The Hall–Kier alpha value is -0.613. The zero-order valence-corrected chi connectivity index (χ0v) is 11.2. The second-order valence-electron chi connectivity index (χ2n) is 3.28. The normalized spacial score (nSPS) is 10.2. The Labute approximate surface area is 101 Å². The number of hydrogen-bond donors (Lipinski definition) is 0. The van der Waals surface area contributed by atoms with Crippen LogP contribution in [0, 0.1) is 19.7 Å². The first-order valence-electron chi connectivity index (χ1n) is 4.46. The van der Waals surface area contributed by atoms with Crippen molar-refractivity contribution in [3.8, 4) is 5.75 Å². The molecule has 0 atom stereocenters. The standard InChI is InChI=1S/C11H11BrFOSi/c1-4-5-8-6(2)7(3)10(13)11(14-15)9(8)12/h4H,1,5H2,2-3H3. The molecule has 0 bridgehead atoms. The first kappa shape index (κ1) is 12.5. The van der Waals surface area contributed by atoms with Gasteiger partial charge in [0.15, 0.2) is 11.6 Å². The first-order valence-corrected chi connectivity index (χ1v) is 5.66. The van der Waals surface area contributed by atoms with Gasteiger partial charge in [0, 0.05) is 0 Å². The van der Waals surface area contributed by atoms with Gasteiger partial charge in [-0.25, -0.2) is 4.39 Å². The van der Waals surface area contributed by atoms with Crippen LogP contribution in [0.25, 0.3) is 0 Å². The summed E-state index contributed by atoms with van der Waals surface area (Å²) in [5, 5.41) is 0. The van der Waals surface area contributed by atoms with Crippen LogP contribution in [0.4, 0.5) is 4.39 Å². The van der Waals surface area contributed by atoms with Gasteiger partial charge in [-0.15, -0.1) is 6.58 Å². The van der Waals surface area contributed by atoms with Gasteiger partial charge in [0.2, 0.25) is 0 Å². The van der Waals surface area contributed by atoms with E-state index in [1.54, 1.807) is 13.0 Å². The molecule has 4 heteroatoms. The summed E-state index contributed by atoms with van der Waals surface area (Å²) in [4.78, 5) is 0. The fraction of sp³-hybridized carbons (Fsp3) is 0.273. The minimum atomic E-state index is -0.345. The monoisotopic (exact) mass is 285 g/mol. The summed E-state index contributed by atoms with van der Waals surface area (Å²) in [5.74, 6) is -0.159. The van der Waals surface area contributed by atoms with E-state index in [0.717, 1.165) is 11.1 Å². The van der Waals surface area contributed by atoms with E-state index in [0.29, 0.717) is 16.5 Å². The Morgan fingerprint density at radius 1 is 1.47 bits per heavy atom. The average molecular weight is 286 g/mol. The lowest BCUT2D eigenvalue weighted by atomic mass is 10.00. The smallest absolute Gasteiger partial charge is 0.341 e. The van der Waals surface area contributed by atoms with Crippen molar-refractivity contribution in [1.82, 2.24) is 0 Å². The molecular formula is C11H11BrFOSi. The summed E-state index contributed by atoms with van der Waals surface area (Å²) in [5.41, 5.74) is 2.52. The minimum Gasteiger partial charge on any atom is -0.538 e. The van der Waals surface area contributed by atoms with Gasteiger partial charge in [0.05, 0.1) is 4.47 Å². The third-order valence-electron chi connectivity index (χ3n) is 2.46. The van der Waals surface area contributed by atoms with Crippen LogP contribution in [-0.2, 0) is 6.42 Å². The van der Waals surface area contributed by atoms with Crippen LogP contribution in [0.15, 0.2) is 17.1 Å². The predicted molar refractivity (Wildman–Crippen MR) is 63.9 cm³/mol. The lowest BCUT2D eigenvalue weighted by Crippen LogP contribution is -2.02. The highest BCUT2D eigenvalue weighted by Crippen LogP contribution is 2.36. The van der Waals surface area contributed by atoms with Crippen molar-refractivity contribution in [2.24, 2.45) is 0 Å². The highest BCUT2D eigenvalue weighted by molar-refractivity contribution is 9.10. The molecular weight excluding hydrogens is 275 g/mol. The van der Waals surface area contributed by atoms with E-state index >= 15 is 0 Å². The van der Waals surface area contributed by atoms with Crippen LogP contribution in [0.5, 0.6) is 5.75 Å². The maximum absolute atomic E-state index is 13.7. The van der Waals surface area contributed by atoms with Gasteiger partial charge in [-0.3, -0.25) is 0 Å².